The molecule has 0 heterocycles. The van der Waals surface area contributed by atoms with E-state index in [-0.39, 0.29) is 25.1 Å². The van der Waals surface area contributed by atoms with Crippen molar-refractivity contribution in [3.8, 4) is 0 Å². The number of aliphatic hydroxyl groups is 1. The first-order valence-electron chi connectivity index (χ1n) is 9.09. The van der Waals surface area contributed by atoms with Crippen LogP contribution >= 0.6 is 13.5 Å². The Bertz CT molecular complexity index is 582. The Morgan fingerprint density at radius 2 is 1.63 bits per heavy atom. The fraction of sp³-hybridized carbons (Fsp3) is 0.650. The van der Waals surface area contributed by atoms with Gasteiger partial charge < -0.3 is 19.6 Å². The van der Waals surface area contributed by atoms with E-state index in [0.717, 1.165) is 5.56 Å². The molecule has 1 amide bonds. The molecule has 0 aliphatic rings. The number of rotatable bonds is 6. The highest BCUT2D eigenvalue weighted by atomic mass is 32.1. The Balaban J connectivity index is 0.00000676. The zero-order chi connectivity index (χ0) is 20.2. The largest absolute Gasteiger partial charge is 0.444 e. The van der Waals surface area contributed by atoms with E-state index in [1.54, 1.807) is 20.8 Å². The van der Waals surface area contributed by atoms with Crippen LogP contribution in [-0.2, 0) is 9.16 Å². The van der Waals surface area contributed by atoms with Gasteiger partial charge >= 0.3 is 6.09 Å². The maximum Gasteiger partial charge on any atom is 0.408 e. The van der Waals surface area contributed by atoms with Crippen LogP contribution in [0.3, 0.4) is 0 Å². The maximum atomic E-state index is 12.2. The third-order valence-corrected chi connectivity index (χ3v) is 9.14. The first-order valence-corrected chi connectivity index (χ1v) is 12.0. The Morgan fingerprint density at radius 1 is 1.11 bits per heavy atom. The molecule has 2 N–H and O–H groups in total. The summed E-state index contributed by atoms with van der Waals surface area (Å²) in [5, 5.41) is 13.6. The van der Waals surface area contributed by atoms with E-state index in [0.29, 0.717) is 0 Å². The van der Waals surface area contributed by atoms with Crippen LogP contribution < -0.4 is 5.32 Å². The lowest BCUT2D eigenvalue weighted by Crippen LogP contribution is -2.46. The fourth-order valence-corrected chi connectivity index (χ4v) is 3.12. The lowest BCUT2D eigenvalue weighted by Gasteiger charge is -2.37. The second-order valence-corrected chi connectivity index (χ2v) is 14.0. The Morgan fingerprint density at radius 3 is 2.07 bits per heavy atom. The van der Waals surface area contributed by atoms with Crippen molar-refractivity contribution < 1.29 is 19.1 Å². The smallest absolute Gasteiger partial charge is 0.408 e. The molecule has 0 radical (unpaired) electrons. The monoisotopic (exact) mass is 415 g/mol. The van der Waals surface area contributed by atoms with Gasteiger partial charge in [-0.2, -0.15) is 13.5 Å². The first-order chi connectivity index (χ1) is 11.7. The predicted molar refractivity (Wildman–Crippen MR) is 118 cm³/mol. The van der Waals surface area contributed by atoms with Gasteiger partial charge in [-0.1, -0.05) is 51.1 Å². The van der Waals surface area contributed by atoms with Gasteiger partial charge in [-0.15, -0.1) is 0 Å². The molecule has 156 valence electrons. The number of carbonyl (C=O) groups is 1. The number of hydrogen-bond donors (Lipinski definition) is 2. The molecule has 1 aromatic rings. The molecule has 0 bridgehead atoms. The summed E-state index contributed by atoms with van der Waals surface area (Å²) in [6, 6.07) is 8.79. The predicted octanol–water partition coefficient (Wildman–Crippen LogP) is 4.75. The van der Waals surface area contributed by atoms with E-state index in [4.69, 9.17) is 9.16 Å². The molecule has 1 rings (SSSR count). The summed E-state index contributed by atoms with van der Waals surface area (Å²) >= 11 is 0. The molecule has 1 aromatic carbocycles. The van der Waals surface area contributed by atoms with E-state index < -0.39 is 32.2 Å². The molecular weight excluding hydrogens is 378 g/mol. The highest BCUT2D eigenvalue weighted by Gasteiger charge is 2.38. The molecule has 0 unspecified atom stereocenters. The maximum absolute atomic E-state index is 12.2. The van der Waals surface area contributed by atoms with Crippen molar-refractivity contribution in [1.82, 2.24) is 5.32 Å². The minimum Gasteiger partial charge on any atom is -0.444 e. The van der Waals surface area contributed by atoms with Crippen LogP contribution in [0.25, 0.3) is 0 Å². The van der Waals surface area contributed by atoms with Gasteiger partial charge in [-0.25, -0.2) is 4.79 Å². The second-order valence-electron chi connectivity index (χ2n) is 9.17. The number of carbonyl (C=O) groups excluding carboxylic acids is 1. The van der Waals surface area contributed by atoms with E-state index in [1.807, 2.05) is 30.3 Å². The summed E-state index contributed by atoms with van der Waals surface area (Å²) in [6.45, 7) is 16.3. The lowest BCUT2D eigenvalue weighted by molar-refractivity contribution is 0.0330. The molecule has 0 aliphatic heterocycles. The number of hydrogen-bond acceptors (Lipinski definition) is 4. The van der Waals surface area contributed by atoms with E-state index >= 15 is 0 Å². The average molecular weight is 416 g/mol. The molecule has 7 heteroatoms. The van der Waals surface area contributed by atoms with Crippen LogP contribution in [0.5, 0.6) is 0 Å². The van der Waals surface area contributed by atoms with Crippen molar-refractivity contribution >= 4 is 27.9 Å². The van der Waals surface area contributed by atoms with E-state index in [9.17, 15) is 9.90 Å². The van der Waals surface area contributed by atoms with Crippen LogP contribution in [0, 0.1) is 0 Å². The van der Waals surface area contributed by atoms with Crippen molar-refractivity contribution in [3.63, 3.8) is 0 Å². The van der Waals surface area contributed by atoms with Gasteiger partial charge in [0, 0.05) is 0 Å². The zero-order valence-corrected chi connectivity index (χ0v) is 19.9. The lowest BCUT2D eigenvalue weighted by atomic mass is 10.0. The molecule has 27 heavy (non-hydrogen) atoms. The van der Waals surface area contributed by atoms with Crippen LogP contribution in [0.15, 0.2) is 30.3 Å². The highest BCUT2D eigenvalue weighted by Crippen LogP contribution is 2.36. The molecule has 0 saturated heterocycles. The molecule has 0 spiro atoms. The van der Waals surface area contributed by atoms with Gasteiger partial charge in [-0.3, -0.25) is 0 Å². The number of amides is 1. The molecule has 2 atom stereocenters. The number of benzene rings is 1. The molecule has 0 aromatic heterocycles. The van der Waals surface area contributed by atoms with Gasteiger partial charge in [-0.05, 0) is 44.5 Å². The SMILES string of the molecule is CC(C)(C)OC(=O)N[C@H](c1ccccc1)[C@H](O)CO[Si](C)(C)C(C)(C)C.S. The van der Waals surface area contributed by atoms with Crippen molar-refractivity contribution in [2.75, 3.05) is 6.61 Å². The third kappa shape index (κ3) is 8.68. The van der Waals surface area contributed by atoms with Gasteiger partial charge in [0.25, 0.3) is 0 Å². The van der Waals surface area contributed by atoms with Gasteiger partial charge in [0.2, 0.25) is 0 Å². The van der Waals surface area contributed by atoms with E-state index in [1.165, 1.54) is 0 Å². The number of nitrogens with one attached hydrogen (secondary N) is 1. The third-order valence-electron chi connectivity index (χ3n) is 4.64. The molecule has 5 nitrogen and oxygen atoms in total. The van der Waals surface area contributed by atoms with Crippen molar-refractivity contribution in [2.24, 2.45) is 0 Å². The highest BCUT2D eigenvalue weighted by molar-refractivity contribution is 7.59. The molecule has 0 fully saturated rings. The minimum atomic E-state index is -2.00. The first kappa shape index (κ1) is 26.0. The Hall–Kier alpha value is -1.02. The summed E-state index contributed by atoms with van der Waals surface area (Å²) in [6.07, 6.45) is -1.43. The molecule has 0 aliphatic carbocycles. The summed E-state index contributed by atoms with van der Waals surface area (Å²) in [7, 11) is -2.00. The van der Waals surface area contributed by atoms with Crippen molar-refractivity contribution in [3.05, 3.63) is 35.9 Å². The van der Waals surface area contributed by atoms with E-state index in [2.05, 4.69) is 39.2 Å². The number of aliphatic hydroxyl groups excluding tert-OH is 1. The molecule has 0 saturated carbocycles. The zero-order valence-electron chi connectivity index (χ0n) is 17.9. The quantitative estimate of drug-likeness (QED) is 0.658. The van der Waals surface area contributed by atoms with Gasteiger partial charge in [0.1, 0.15) is 11.7 Å². The van der Waals surface area contributed by atoms with Crippen molar-refractivity contribution in [2.45, 2.75) is 77.4 Å². The normalized spacial score (nSPS) is 14.7. The second kappa shape index (κ2) is 9.96. The van der Waals surface area contributed by atoms with Gasteiger partial charge in [0.15, 0.2) is 8.32 Å². The van der Waals surface area contributed by atoms with Crippen LogP contribution in [-0.4, -0.2) is 37.8 Å². The van der Waals surface area contributed by atoms with Crippen LogP contribution in [0.1, 0.15) is 53.1 Å². The summed E-state index contributed by atoms with van der Waals surface area (Å²) in [5.74, 6) is 0. The Labute approximate surface area is 172 Å². The van der Waals surface area contributed by atoms with Crippen molar-refractivity contribution in [1.29, 1.82) is 0 Å². The summed E-state index contributed by atoms with van der Waals surface area (Å²) in [4.78, 5) is 12.2. The van der Waals surface area contributed by atoms with Crippen LogP contribution in [0.4, 0.5) is 4.79 Å². The standard InChI is InChI=1S/C20H35NO4Si.H2S/c1-19(2,3)25-18(23)21-17(15-12-10-9-11-13-15)16(22)14-24-26(7,8)20(4,5)6;/h9-13,16-17,22H,14H2,1-8H3,(H,21,23);1H2/t16-,17-;/m1./s1. The summed E-state index contributed by atoms with van der Waals surface area (Å²) < 4.78 is 11.5. The topological polar surface area (TPSA) is 67.8 Å². The minimum absolute atomic E-state index is 0. The average Bonchev–Trinajstić information content (AvgIpc) is 2.48. The van der Waals surface area contributed by atoms with Gasteiger partial charge in [0.05, 0.1) is 12.6 Å². The Kier molecular flexibility index (Phi) is 9.58. The fourth-order valence-electron chi connectivity index (χ4n) is 2.10. The number of alkyl carbamates (subject to hydrolysis) is 1. The summed E-state index contributed by atoms with van der Waals surface area (Å²) in [5.41, 5.74) is 0.207. The molecular formula is C20H37NO4SSi. The number of ether oxygens (including phenoxy) is 1. The van der Waals surface area contributed by atoms with Crippen LogP contribution in [0.2, 0.25) is 18.1 Å².